The van der Waals surface area contributed by atoms with Gasteiger partial charge in [-0.2, -0.15) is 0 Å². The van der Waals surface area contributed by atoms with Crippen molar-refractivity contribution in [1.82, 2.24) is 4.90 Å². The molecule has 28 heavy (non-hydrogen) atoms. The highest BCUT2D eigenvalue weighted by atomic mass is 35.5. The molecule has 0 radical (unpaired) electrons. The van der Waals surface area contributed by atoms with Gasteiger partial charge in [-0.1, -0.05) is 29.8 Å². The van der Waals surface area contributed by atoms with E-state index < -0.39 is 35.9 Å². The highest BCUT2D eigenvalue weighted by molar-refractivity contribution is 6.31. The number of hydrogen-bond donors (Lipinski definition) is 0. The van der Waals surface area contributed by atoms with Crippen LogP contribution in [0.4, 0.5) is 8.78 Å². The maximum Gasteiger partial charge on any atom is 0.311 e. The number of hydrogen-bond acceptors (Lipinski definition) is 4. The minimum atomic E-state index is -1.16. The molecule has 0 saturated carbocycles. The van der Waals surface area contributed by atoms with E-state index in [1.54, 1.807) is 24.3 Å². The van der Waals surface area contributed by atoms with E-state index in [4.69, 9.17) is 16.3 Å². The first kappa shape index (κ1) is 19.9. The lowest BCUT2D eigenvalue weighted by Crippen LogP contribution is -2.27. The maximum absolute atomic E-state index is 13.2. The van der Waals surface area contributed by atoms with E-state index in [2.05, 4.69) is 0 Å². The van der Waals surface area contributed by atoms with E-state index in [1.807, 2.05) is 0 Å². The van der Waals surface area contributed by atoms with Crippen molar-refractivity contribution >= 4 is 29.3 Å². The smallest absolute Gasteiger partial charge is 0.311 e. The van der Waals surface area contributed by atoms with Gasteiger partial charge >= 0.3 is 5.97 Å². The fourth-order valence-corrected chi connectivity index (χ4v) is 3.12. The van der Waals surface area contributed by atoms with Crippen LogP contribution in [0, 0.1) is 17.6 Å². The van der Waals surface area contributed by atoms with Crippen LogP contribution in [-0.2, 0) is 20.9 Å². The van der Waals surface area contributed by atoms with Gasteiger partial charge in [-0.25, -0.2) is 8.78 Å². The van der Waals surface area contributed by atoms with Crippen LogP contribution in [0.2, 0.25) is 5.02 Å². The Morgan fingerprint density at radius 2 is 1.89 bits per heavy atom. The third-order valence-electron chi connectivity index (χ3n) is 4.45. The second-order valence-corrected chi connectivity index (χ2v) is 6.83. The van der Waals surface area contributed by atoms with Gasteiger partial charge in [0.25, 0.3) is 0 Å². The van der Waals surface area contributed by atoms with Gasteiger partial charge in [0.1, 0.15) is 0 Å². The number of Topliss-reactive ketones (excluding diaryl/α,β-unsaturated/α-hetero) is 1. The van der Waals surface area contributed by atoms with Gasteiger partial charge in [0.2, 0.25) is 5.91 Å². The average molecular weight is 408 g/mol. The van der Waals surface area contributed by atoms with Crippen molar-refractivity contribution in [3.8, 4) is 0 Å². The molecule has 1 fully saturated rings. The Balaban J connectivity index is 1.55. The minimum Gasteiger partial charge on any atom is -0.457 e. The molecule has 8 heteroatoms. The Labute approximate surface area is 164 Å². The zero-order valence-electron chi connectivity index (χ0n) is 14.7. The van der Waals surface area contributed by atoms with Gasteiger partial charge in [0, 0.05) is 30.1 Å². The molecule has 1 atom stereocenters. The summed E-state index contributed by atoms with van der Waals surface area (Å²) in [5.41, 5.74) is 0.662. The van der Waals surface area contributed by atoms with Gasteiger partial charge in [0.05, 0.1) is 5.92 Å². The molecule has 0 aromatic heterocycles. The Hall–Kier alpha value is -2.80. The summed E-state index contributed by atoms with van der Waals surface area (Å²) in [7, 11) is 0. The molecule has 5 nitrogen and oxygen atoms in total. The molecule has 0 aliphatic carbocycles. The summed E-state index contributed by atoms with van der Waals surface area (Å²) in [4.78, 5) is 37.8. The van der Waals surface area contributed by atoms with E-state index in [1.165, 1.54) is 4.90 Å². The fourth-order valence-electron chi connectivity index (χ4n) is 2.92. The van der Waals surface area contributed by atoms with Crippen LogP contribution in [0.25, 0.3) is 0 Å². The molecule has 2 aromatic carbocycles. The van der Waals surface area contributed by atoms with Crippen molar-refractivity contribution in [2.45, 2.75) is 13.0 Å². The molecule has 146 valence electrons. The molecule has 0 unspecified atom stereocenters. The highest BCUT2D eigenvalue weighted by Gasteiger charge is 2.35. The zero-order valence-corrected chi connectivity index (χ0v) is 15.4. The highest BCUT2D eigenvalue weighted by Crippen LogP contribution is 2.24. The second kappa shape index (κ2) is 8.48. The minimum absolute atomic E-state index is 0.0251. The molecule has 0 spiro atoms. The summed E-state index contributed by atoms with van der Waals surface area (Å²) in [5.74, 6) is -4.50. The Morgan fingerprint density at radius 3 is 2.61 bits per heavy atom. The topological polar surface area (TPSA) is 63.7 Å². The van der Waals surface area contributed by atoms with E-state index in [0.29, 0.717) is 5.02 Å². The summed E-state index contributed by atoms with van der Waals surface area (Å²) in [6.45, 7) is -0.183. The van der Waals surface area contributed by atoms with Crippen molar-refractivity contribution in [2.24, 2.45) is 5.92 Å². The number of rotatable bonds is 6. The molecule has 1 aliphatic heterocycles. The first-order valence-electron chi connectivity index (χ1n) is 8.51. The molecule has 1 heterocycles. The Kier molecular flexibility index (Phi) is 6.04. The SMILES string of the molecule is O=C(COC(=O)[C@H]1CC(=O)N(Cc2ccccc2Cl)C1)c1ccc(F)c(F)c1. The predicted molar refractivity (Wildman–Crippen MR) is 96.6 cm³/mol. The van der Waals surface area contributed by atoms with Crippen LogP contribution < -0.4 is 0 Å². The van der Waals surface area contributed by atoms with Crippen molar-refractivity contribution in [1.29, 1.82) is 0 Å². The molecule has 1 amide bonds. The van der Waals surface area contributed by atoms with E-state index in [-0.39, 0.29) is 31.0 Å². The van der Waals surface area contributed by atoms with Gasteiger partial charge in [0.15, 0.2) is 24.0 Å². The summed E-state index contributed by atoms with van der Waals surface area (Å²) in [5, 5.41) is 0.526. The van der Waals surface area contributed by atoms with Crippen molar-refractivity contribution < 1.29 is 27.9 Å². The Bertz CT molecular complexity index is 934. The van der Waals surface area contributed by atoms with Crippen LogP contribution in [0.3, 0.4) is 0 Å². The number of ether oxygens (including phenoxy) is 1. The standard InChI is InChI=1S/C20H16ClF2NO4/c21-15-4-2-1-3-13(15)9-24-10-14(8-19(24)26)20(27)28-11-18(25)12-5-6-16(22)17(23)7-12/h1-7,14H,8-11H2/t14-/m0/s1. The summed E-state index contributed by atoms with van der Waals surface area (Å²) in [6, 6.07) is 9.77. The summed E-state index contributed by atoms with van der Waals surface area (Å²) < 4.78 is 31.1. The third-order valence-corrected chi connectivity index (χ3v) is 4.82. The van der Waals surface area contributed by atoms with Gasteiger partial charge < -0.3 is 9.64 Å². The maximum atomic E-state index is 13.2. The van der Waals surface area contributed by atoms with Crippen LogP contribution in [0.5, 0.6) is 0 Å². The lowest BCUT2D eigenvalue weighted by molar-refractivity contribution is -0.147. The van der Waals surface area contributed by atoms with Crippen LogP contribution >= 0.6 is 11.6 Å². The Morgan fingerprint density at radius 1 is 1.14 bits per heavy atom. The molecule has 0 N–H and O–H groups in total. The predicted octanol–water partition coefficient (Wildman–Crippen LogP) is 3.39. The number of carbonyl (C=O) groups is 3. The number of carbonyl (C=O) groups excluding carboxylic acids is 3. The van der Waals surface area contributed by atoms with E-state index in [0.717, 1.165) is 23.8 Å². The fraction of sp³-hybridized carbons (Fsp3) is 0.250. The first-order valence-corrected chi connectivity index (χ1v) is 8.89. The largest absolute Gasteiger partial charge is 0.457 e. The molecule has 3 rings (SSSR count). The number of amides is 1. The second-order valence-electron chi connectivity index (χ2n) is 6.43. The van der Waals surface area contributed by atoms with E-state index in [9.17, 15) is 23.2 Å². The number of benzene rings is 2. The van der Waals surface area contributed by atoms with Crippen LogP contribution in [-0.4, -0.2) is 35.7 Å². The molecular weight excluding hydrogens is 392 g/mol. The van der Waals surface area contributed by atoms with Crippen molar-refractivity contribution in [3.63, 3.8) is 0 Å². The lowest BCUT2D eigenvalue weighted by atomic mass is 10.1. The van der Waals surface area contributed by atoms with Crippen LogP contribution in [0.15, 0.2) is 42.5 Å². The molecule has 2 aromatic rings. The molecular formula is C20H16ClF2NO4. The lowest BCUT2D eigenvalue weighted by Gasteiger charge is -2.17. The normalized spacial score (nSPS) is 16.3. The summed E-state index contributed by atoms with van der Waals surface area (Å²) >= 11 is 6.10. The first-order chi connectivity index (χ1) is 13.3. The van der Waals surface area contributed by atoms with E-state index >= 15 is 0 Å². The van der Waals surface area contributed by atoms with Crippen LogP contribution in [0.1, 0.15) is 22.3 Å². The number of nitrogens with zero attached hydrogens (tertiary/aromatic N) is 1. The van der Waals surface area contributed by atoms with Crippen molar-refractivity contribution in [2.75, 3.05) is 13.2 Å². The zero-order chi connectivity index (χ0) is 20.3. The quantitative estimate of drug-likeness (QED) is 0.544. The van der Waals surface area contributed by atoms with Gasteiger partial charge in [-0.15, -0.1) is 0 Å². The number of esters is 1. The summed E-state index contributed by atoms with van der Waals surface area (Å²) in [6.07, 6.45) is -0.0251. The van der Waals surface area contributed by atoms with Gasteiger partial charge in [-0.3, -0.25) is 14.4 Å². The van der Waals surface area contributed by atoms with Gasteiger partial charge in [-0.05, 0) is 29.8 Å². The monoisotopic (exact) mass is 407 g/mol. The third kappa shape index (κ3) is 4.54. The van der Waals surface area contributed by atoms with Crippen molar-refractivity contribution in [3.05, 3.63) is 70.2 Å². The molecule has 1 aliphatic rings. The number of halogens is 3. The average Bonchev–Trinajstić information content (AvgIpc) is 3.04. The molecule has 0 bridgehead atoms. The number of likely N-dealkylation sites (tertiary alicyclic amines) is 1. The number of ketones is 1. The molecule has 1 saturated heterocycles.